The summed E-state index contributed by atoms with van der Waals surface area (Å²) < 4.78 is 26.1. The molecule has 0 aromatic heterocycles. The highest BCUT2D eigenvalue weighted by atomic mass is 19.1. The van der Waals surface area contributed by atoms with Crippen LogP contribution in [0.4, 0.5) is 14.5 Å². The standard InChI is InChI=1S/C10H7F2NO2/c1-2-13-7-4-5(11)3-6(12)8(7)9(14)10(13)15/h3-4H,2H2,1H3. The van der Waals surface area contributed by atoms with Crippen molar-refractivity contribution < 1.29 is 18.4 Å². The summed E-state index contributed by atoms with van der Waals surface area (Å²) in [4.78, 5) is 23.7. The minimum absolute atomic E-state index is 0.0185. The van der Waals surface area contributed by atoms with Gasteiger partial charge in [0.15, 0.2) is 0 Å². The zero-order valence-electron chi connectivity index (χ0n) is 7.88. The topological polar surface area (TPSA) is 37.4 Å². The Morgan fingerprint density at radius 2 is 1.93 bits per heavy atom. The highest BCUT2D eigenvalue weighted by Crippen LogP contribution is 2.31. The molecule has 1 aliphatic rings. The molecule has 1 aliphatic heterocycles. The Morgan fingerprint density at radius 1 is 1.27 bits per heavy atom. The molecule has 0 saturated heterocycles. The van der Waals surface area contributed by atoms with Crippen LogP contribution < -0.4 is 4.90 Å². The number of halogens is 2. The molecule has 1 aromatic rings. The molecule has 0 unspecified atom stereocenters. The third-order valence-corrected chi connectivity index (χ3v) is 2.31. The maximum absolute atomic E-state index is 13.2. The molecule has 0 bridgehead atoms. The molecule has 0 N–H and O–H groups in total. The first kappa shape index (κ1) is 9.76. The van der Waals surface area contributed by atoms with Crippen LogP contribution in [0.2, 0.25) is 0 Å². The van der Waals surface area contributed by atoms with E-state index < -0.39 is 23.3 Å². The molecule has 0 saturated carbocycles. The van der Waals surface area contributed by atoms with Gasteiger partial charge in [-0.05, 0) is 13.0 Å². The molecule has 0 atom stereocenters. The minimum atomic E-state index is -0.987. The van der Waals surface area contributed by atoms with Crippen molar-refractivity contribution in [2.75, 3.05) is 11.4 Å². The fourth-order valence-corrected chi connectivity index (χ4v) is 1.65. The molecule has 15 heavy (non-hydrogen) atoms. The number of nitrogens with zero attached hydrogens (tertiary/aromatic N) is 1. The maximum atomic E-state index is 13.2. The smallest absolute Gasteiger partial charge is 0.299 e. The van der Waals surface area contributed by atoms with E-state index in [2.05, 4.69) is 0 Å². The summed E-state index contributed by atoms with van der Waals surface area (Å²) in [6.45, 7) is 1.84. The number of benzene rings is 1. The number of hydrogen-bond acceptors (Lipinski definition) is 2. The summed E-state index contributed by atoms with van der Waals surface area (Å²) in [5.74, 6) is -3.51. The van der Waals surface area contributed by atoms with E-state index in [0.717, 1.165) is 11.0 Å². The van der Waals surface area contributed by atoms with Gasteiger partial charge in [-0.1, -0.05) is 0 Å². The Balaban J connectivity index is 2.70. The first-order valence-electron chi connectivity index (χ1n) is 4.41. The van der Waals surface area contributed by atoms with Crippen LogP contribution in [0.15, 0.2) is 12.1 Å². The second-order valence-electron chi connectivity index (χ2n) is 3.16. The fourth-order valence-electron chi connectivity index (χ4n) is 1.65. The van der Waals surface area contributed by atoms with Crippen LogP contribution in [-0.4, -0.2) is 18.2 Å². The SMILES string of the molecule is CCN1C(=O)C(=O)c2c(F)cc(F)cc21. The highest BCUT2D eigenvalue weighted by Gasteiger charge is 2.37. The van der Waals surface area contributed by atoms with Crippen LogP contribution in [-0.2, 0) is 4.79 Å². The number of ketones is 1. The predicted molar refractivity (Wildman–Crippen MR) is 48.7 cm³/mol. The number of rotatable bonds is 1. The van der Waals surface area contributed by atoms with Gasteiger partial charge in [-0.15, -0.1) is 0 Å². The lowest BCUT2D eigenvalue weighted by atomic mass is 10.1. The monoisotopic (exact) mass is 211 g/mol. The number of hydrogen-bond donors (Lipinski definition) is 0. The van der Waals surface area contributed by atoms with Crippen molar-refractivity contribution >= 4 is 17.4 Å². The Hall–Kier alpha value is -1.78. The van der Waals surface area contributed by atoms with Gasteiger partial charge in [-0.3, -0.25) is 9.59 Å². The van der Waals surface area contributed by atoms with Crippen LogP contribution >= 0.6 is 0 Å². The number of likely N-dealkylation sites (N-methyl/N-ethyl adjacent to an activating group) is 1. The van der Waals surface area contributed by atoms with Gasteiger partial charge in [0.1, 0.15) is 11.6 Å². The molecule has 0 aliphatic carbocycles. The number of anilines is 1. The van der Waals surface area contributed by atoms with Crippen molar-refractivity contribution in [3.8, 4) is 0 Å². The molecule has 3 nitrogen and oxygen atoms in total. The van der Waals surface area contributed by atoms with Gasteiger partial charge >= 0.3 is 0 Å². The van der Waals surface area contributed by atoms with Gasteiger partial charge in [0.25, 0.3) is 11.7 Å². The maximum Gasteiger partial charge on any atom is 0.299 e. The summed E-state index contributed by atoms with van der Waals surface area (Å²) >= 11 is 0. The van der Waals surface area contributed by atoms with Gasteiger partial charge in [0, 0.05) is 12.6 Å². The van der Waals surface area contributed by atoms with Crippen molar-refractivity contribution in [3.63, 3.8) is 0 Å². The molecule has 0 radical (unpaired) electrons. The lowest BCUT2D eigenvalue weighted by Crippen LogP contribution is -2.29. The lowest BCUT2D eigenvalue weighted by molar-refractivity contribution is -0.114. The van der Waals surface area contributed by atoms with Crippen molar-refractivity contribution in [2.24, 2.45) is 0 Å². The molecule has 0 spiro atoms. The molecule has 1 heterocycles. The third-order valence-electron chi connectivity index (χ3n) is 2.31. The summed E-state index contributed by atoms with van der Waals surface area (Å²) in [6.07, 6.45) is 0. The molecule has 78 valence electrons. The van der Waals surface area contributed by atoms with Gasteiger partial charge < -0.3 is 4.90 Å². The van der Waals surface area contributed by atoms with Crippen LogP contribution in [0.3, 0.4) is 0 Å². The zero-order valence-corrected chi connectivity index (χ0v) is 7.88. The van der Waals surface area contributed by atoms with Crippen LogP contribution in [0.5, 0.6) is 0 Å². The number of Topliss-reactive ketones (excluding diaryl/α,β-unsaturated/α-hetero) is 1. The summed E-state index contributed by atoms with van der Waals surface area (Å²) in [5, 5.41) is 0. The van der Waals surface area contributed by atoms with Crippen LogP contribution in [0.1, 0.15) is 17.3 Å². The Morgan fingerprint density at radius 3 is 2.53 bits per heavy atom. The first-order chi connectivity index (χ1) is 7.06. The van der Waals surface area contributed by atoms with Crippen LogP contribution in [0.25, 0.3) is 0 Å². The average Bonchev–Trinajstić information content (AvgIpc) is 2.39. The molecule has 0 fully saturated rings. The normalized spacial score (nSPS) is 14.7. The van der Waals surface area contributed by atoms with Gasteiger partial charge in [0.05, 0.1) is 11.3 Å². The number of fused-ring (bicyclic) bond motifs is 1. The third kappa shape index (κ3) is 1.23. The molecule has 1 amide bonds. The van der Waals surface area contributed by atoms with E-state index in [1.807, 2.05) is 0 Å². The van der Waals surface area contributed by atoms with Gasteiger partial charge in [0.2, 0.25) is 0 Å². The number of amides is 1. The molecular weight excluding hydrogens is 204 g/mol. The summed E-state index contributed by atoms with van der Waals surface area (Å²) in [6, 6.07) is 1.59. The lowest BCUT2D eigenvalue weighted by Gasteiger charge is -2.12. The van der Waals surface area contributed by atoms with Crippen molar-refractivity contribution in [1.29, 1.82) is 0 Å². The minimum Gasteiger partial charge on any atom is -0.305 e. The molecule has 2 rings (SSSR count). The second-order valence-corrected chi connectivity index (χ2v) is 3.16. The zero-order chi connectivity index (χ0) is 11.2. The average molecular weight is 211 g/mol. The van der Waals surface area contributed by atoms with E-state index in [-0.39, 0.29) is 17.8 Å². The summed E-state index contributed by atoms with van der Waals surface area (Å²) in [7, 11) is 0. The number of carbonyl (C=O) groups excluding carboxylic acids is 2. The fraction of sp³-hybridized carbons (Fsp3) is 0.200. The Kier molecular flexibility index (Phi) is 2.03. The number of carbonyl (C=O) groups is 2. The van der Waals surface area contributed by atoms with Crippen molar-refractivity contribution in [1.82, 2.24) is 0 Å². The van der Waals surface area contributed by atoms with Crippen molar-refractivity contribution in [2.45, 2.75) is 6.92 Å². The Bertz CT molecular complexity index is 471. The molecule has 5 heteroatoms. The van der Waals surface area contributed by atoms with Gasteiger partial charge in [-0.25, -0.2) is 8.78 Å². The van der Waals surface area contributed by atoms with E-state index >= 15 is 0 Å². The largest absolute Gasteiger partial charge is 0.305 e. The highest BCUT2D eigenvalue weighted by molar-refractivity contribution is 6.52. The summed E-state index contributed by atoms with van der Waals surface area (Å²) in [5.41, 5.74) is -0.312. The van der Waals surface area contributed by atoms with E-state index in [1.54, 1.807) is 6.92 Å². The quantitative estimate of drug-likeness (QED) is 0.660. The van der Waals surface area contributed by atoms with E-state index in [9.17, 15) is 18.4 Å². The molecule has 1 aromatic carbocycles. The first-order valence-corrected chi connectivity index (χ1v) is 4.41. The van der Waals surface area contributed by atoms with E-state index in [1.165, 1.54) is 0 Å². The predicted octanol–water partition coefficient (Wildman–Crippen LogP) is 1.51. The second kappa shape index (κ2) is 3.12. The van der Waals surface area contributed by atoms with Crippen molar-refractivity contribution in [3.05, 3.63) is 29.3 Å². The van der Waals surface area contributed by atoms with Gasteiger partial charge in [-0.2, -0.15) is 0 Å². The van der Waals surface area contributed by atoms with E-state index in [0.29, 0.717) is 6.07 Å². The van der Waals surface area contributed by atoms with E-state index in [4.69, 9.17) is 0 Å². The van der Waals surface area contributed by atoms with Crippen LogP contribution in [0, 0.1) is 11.6 Å². The Labute approximate surface area is 84.3 Å². The molecular formula is C10H7F2NO2.